The molecule has 0 amide bonds. The van der Waals surface area contributed by atoms with Gasteiger partial charge >= 0.3 is 12.1 Å². The number of aliphatic hydroxyl groups is 2. The maximum absolute atomic E-state index is 12.7. The van der Waals surface area contributed by atoms with Crippen LogP contribution in [0.4, 0.5) is 4.79 Å². The second-order valence-electron chi connectivity index (χ2n) is 12.4. The molecular formula is C28H32O9. The Balaban J connectivity index is 1.42. The smallest absolute Gasteiger partial charge is 0.426 e. The molecule has 7 aliphatic rings. The lowest BCUT2D eigenvalue weighted by Gasteiger charge is -2.60. The summed E-state index contributed by atoms with van der Waals surface area (Å²) in [6.45, 7) is 9.96. The van der Waals surface area contributed by atoms with E-state index in [9.17, 15) is 15.0 Å². The van der Waals surface area contributed by atoms with Crippen LogP contribution in [-0.2, 0) is 34.4 Å². The van der Waals surface area contributed by atoms with Gasteiger partial charge in [0.15, 0.2) is 11.7 Å². The molecule has 4 aliphatic heterocycles. The first-order valence-corrected chi connectivity index (χ1v) is 13.3. The monoisotopic (exact) mass is 512 g/mol. The fraction of sp³-hybridized carbons (Fsp3) is 0.679. The number of carbonyl (C=O) groups is 1. The molecule has 3 aliphatic carbocycles. The minimum atomic E-state index is -1.51. The van der Waals surface area contributed by atoms with Crippen molar-refractivity contribution in [3.05, 3.63) is 48.0 Å². The Morgan fingerprint density at radius 2 is 1.84 bits per heavy atom. The zero-order valence-corrected chi connectivity index (χ0v) is 21.1. The van der Waals surface area contributed by atoms with Crippen molar-refractivity contribution in [2.24, 2.45) is 23.7 Å². The number of carbonyl (C=O) groups excluding carboxylic acids is 1. The highest BCUT2D eigenvalue weighted by Crippen LogP contribution is 2.75. The molecule has 13 atom stereocenters. The molecule has 1 spiro atoms. The van der Waals surface area contributed by atoms with Gasteiger partial charge in [0.1, 0.15) is 29.5 Å². The molecule has 37 heavy (non-hydrogen) atoms. The Bertz CT molecular complexity index is 1220. The first-order valence-electron chi connectivity index (χ1n) is 13.3. The summed E-state index contributed by atoms with van der Waals surface area (Å²) >= 11 is 0. The van der Waals surface area contributed by atoms with Gasteiger partial charge in [0.2, 0.25) is 0 Å². The SMILES string of the molecule is C=C(C)[C@]12C[C@@H](C)C34O[C@](c5ccccc5)(OC1C3[C@@H]1O[C@]1(CO)[C@@H](O)[C@]13OC(=O)O[C@H]1[C@@H](C)CC43)O2. The summed E-state index contributed by atoms with van der Waals surface area (Å²) in [5.74, 6) is -2.59. The molecule has 0 radical (unpaired) electrons. The number of benzene rings is 1. The van der Waals surface area contributed by atoms with E-state index in [1.807, 2.05) is 44.2 Å². The molecule has 4 heterocycles. The van der Waals surface area contributed by atoms with Crippen LogP contribution in [0.25, 0.3) is 0 Å². The fourth-order valence-electron chi connectivity index (χ4n) is 9.37. The Labute approximate surface area is 214 Å². The van der Waals surface area contributed by atoms with E-state index in [4.69, 9.17) is 28.4 Å². The van der Waals surface area contributed by atoms with Gasteiger partial charge in [-0.3, -0.25) is 0 Å². The molecule has 8 rings (SSSR count). The van der Waals surface area contributed by atoms with Crippen LogP contribution in [0, 0.1) is 23.7 Å². The van der Waals surface area contributed by atoms with E-state index in [1.54, 1.807) is 0 Å². The molecule has 4 unspecified atom stereocenters. The highest BCUT2D eigenvalue weighted by Gasteiger charge is 2.91. The van der Waals surface area contributed by atoms with Crippen LogP contribution in [0.5, 0.6) is 0 Å². The molecule has 1 aromatic carbocycles. The van der Waals surface area contributed by atoms with E-state index in [-0.39, 0.29) is 11.8 Å². The highest BCUT2D eigenvalue weighted by atomic mass is 16.9. The number of ether oxygens (including phenoxy) is 6. The zero-order valence-electron chi connectivity index (χ0n) is 21.1. The van der Waals surface area contributed by atoms with E-state index >= 15 is 0 Å². The molecule has 7 fully saturated rings. The van der Waals surface area contributed by atoms with Crippen LogP contribution < -0.4 is 0 Å². The first kappa shape index (κ1) is 22.9. The van der Waals surface area contributed by atoms with Crippen LogP contribution in [0.1, 0.15) is 39.2 Å². The van der Waals surface area contributed by atoms with Gasteiger partial charge < -0.3 is 38.6 Å². The van der Waals surface area contributed by atoms with Gasteiger partial charge in [-0.25, -0.2) is 4.79 Å². The van der Waals surface area contributed by atoms with Crippen molar-refractivity contribution in [2.75, 3.05) is 6.61 Å². The largest absolute Gasteiger partial charge is 0.509 e. The maximum Gasteiger partial charge on any atom is 0.509 e. The van der Waals surface area contributed by atoms with E-state index in [0.717, 1.165) is 11.1 Å². The topological polar surface area (TPSA) is 116 Å². The third-order valence-electron chi connectivity index (χ3n) is 10.8. The summed E-state index contributed by atoms with van der Waals surface area (Å²) in [4.78, 5) is 12.7. The van der Waals surface area contributed by atoms with Crippen LogP contribution in [-0.4, -0.2) is 69.8 Å². The van der Waals surface area contributed by atoms with Crippen molar-refractivity contribution >= 4 is 6.16 Å². The number of fused-ring (bicyclic) bond motifs is 2. The molecule has 0 aromatic heterocycles. The van der Waals surface area contributed by atoms with E-state index in [0.29, 0.717) is 12.8 Å². The molecule has 198 valence electrons. The summed E-state index contributed by atoms with van der Waals surface area (Å²) in [5.41, 5.74) is -3.05. The predicted octanol–water partition coefficient (Wildman–Crippen LogP) is 2.39. The van der Waals surface area contributed by atoms with E-state index < -0.39 is 77.4 Å². The lowest BCUT2D eigenvalue weighted by Crippen LogP contribution is -2.72. The number of aliphatic hydroxyl groups excluding tert-OH is 2. The van der Waals surface area contributed by atoms with Gasteiger partial charge in [-0.2, -0.15) is 0 Å². The number of hydrogen-bond acceptors (Lipinski definition) is 9. The molecule has 3 bridgehead atoms. The van der Waals surface area contributed by atoms with Gasteiger partial charge in [0, 0.05) is 17.4 Å². The Morgan fingerprint density at radius 1 is 1.08 bits per heavy atom. The highest BCUT2D eigenvalue weighted by molar-refractivity contribution is 5.65. The third-order valence-corrected chi connectivity index (χ3v) is 10.8. The fourth-order valence-corrected chi connectivity index (χ4v) is 9.37. The van der Waals surface area contributed by atoms with Gasteiger partial charge in [0.25, 0.3) is 0 Å². The first-order chi connectivity index (χ1) is 17.6. The standard InChI is InChI=1S/C28H32O9/c1-13(2)24-11-15(4)26-17-10-14(3)19-27(17,35-23(31)32-19)22(30)25(12-29)21(33-25)18(26)20(24)34-28(36-24,37-26)16-8-6-5-7-9-16/h5-9,14-15,17-22,29-30H,1,10-12H2,2-4H3/t14-,15+,17?,18?,19-,20?,21-,22+,24+,25-,26?,27+,28+/m0/s1. The molecular weight excluding hydrogens is 480 g/mol. The lowest BCUT2D eigenvalue weighted by molar-refractivity contribution is -0.442. The Hall–Kier alpha value is -2.01. The summed E-state index contributed by atoms with van der Waals surface area (Å²) < 4.78 is 38.9. The summed E-state index contributed by atoms with van der Waals surface area (Å²) in [5, 5.41) is 22.7. The van der Waals surface area contributed by atoms with Crippen molar-refractivity contribution in [2.45, 2.75) is 86.4 Å². The average Bonchev–Trinajstić information content (AvgIpc) is 3.33. The van der Waals surface area contributed by atoms with E-state index in [2.05, 4.69) is 13.5 Å². The van der Waals surface area contributed by atoms with Crippen LogP contribution in [0.15, 0.2) is 42.5 Å². The third kappa shape index (κ3) is 2.23. The molecule has 9 nitrogen and oxygen atoms in total. The second kappa shape index (κ2) is 6.58. The number of hydrogen-bond donors (Lipinski definition) is 2. The van der Waals surface area contributed by atoms with Crippen LogP contribution >= 0.6 is 0 Å². The normalized spacial score (nSPS) is 57.9. The molecule has 1 aromatic rings. The zero-order chi connectivity index (χ0) is 25.8. The second-order valence-corrected chi connectivity index (χ2v) is 12.4. The molecule has 9 heteroatoms. The minimum Gasteiger partial charge on any atom is -0.426 e. The predicted molar refractivity (Wildman–Crippen MR) is 125 cm³/mol. The van der Waals surface area contributed by atoms with Gasteiger partial charge in [0.05, 0.1) is 12.2 Å². The number of rotatable bonds is 3. The Morgan fingerprint density at radius 3 is 2.54 bits per heavy atom. The minimum absolute atomic E-state index is 0.107. The van der Waals surface area contributed by atoms with Crippen LogP contribution in [0.2, 0.25) is 0 Å². The number of epoxide rings is 1. The summed E-state index contributed by atoms with van der Waals surface area (Å²) in [7, 11) is 0. The van der Waals surface area contributed by atoms with Crippen molar-refractivity contribution < 1.29 is 43.4 Å². The summed E-state index contributed by atoms with van der Waals surface area (Å²) in [6, 6.07) is 9.58. The van der Waals surface area contributed by atoms with Gasteiger partial charge in [-0.15, -0.1) is 0 Å². The summed E-state index contributed by atoms with van der Waals surface area (Å²) in [6.07, 6.45) is -2.74. The van der Waals surface area contributed by atoms with Crippen LogP contribution in [0.3, 0.4) is 0 Å². The molecule has 4 saturated heterocycles. The van der Waals surface area contributed by atoms with E-state index in [1.165, 1.54) is 0 Å². The maximum atomic E-state index is 12.7. The van der Waals surface area contributed by atoms with Crippen molar-refractivity contribution in [1.29, 1.82) is 0 Å². The van der Waals surface area contributed by atoms with Gasteiger partial charge in [-0.1, -0.05) is 50.8 Å². The lowest BCUT2D eigenvalue weighted by atomic mass is 9.54. The van der Waals surface area contributed by atoms with Gasteiger partial charge in [-0.05, 0) is 37.2 Å². The Kier molecular flexibility index (Phi) is 4.08. The van der Waals surface area contributed by atoms with Crippen molar-refractivity contribution in [3.8, 4) is 0 Å². The average molecular weight is 513 g/mol. The van der Waals surface area contributed by atoms with Crippen molar-refractivity contribution in [3.63, 3.8) is 0 Å². The van der Waals surface area contributed by atoms with Crippen molar-refractivity contribution in [1.82, 2.24) is 0 Å². The molecule has 3 saturated carbocycles. The quantitative estimate of drug-likeness (QED) is 0.358. The molecule has 2 N–H and O–H groups in total.